The van der Waals surface area contributed by atoms with E-state index in [-0.39, 0.29) is 17.0 Å². The fraction of sp³-hybridized carbons (Fsp3) is 0.577. The minimum atomic E-state index is -2.95. The maximum atomic E-state index is 14.7. The van der Waals surface area contributed by atoms with Crippen LogP contribution in [0.15, 0.2) is 39.9 Å². The second-order valence-electron chi connectivity index (χ2n) is 11.2. The predicted molar refractivity (Wildman–Crippen MR) is 132 cm³/mol. The average molecular weight is 506 g/mol. The number of hydrogen-bond acceptors (Lipinski definition) is 6. The van der Waals surface area contributed by atoms with Gasteiger partial charge in [-0.1, -0.05) is 39.0 Å². The lowest BCUT2D eigenvalue weighted by Gasteiger charge is -2.38. The van der Waals surface area contributed by atoms with Crippen LogP contribution in [0.3, 0.4) is 0 Å². The van der Waals surface area contributed by atoms with Crippen LogP contribution < -0.4 is 5.32 Å². The lowest BCUT2D eigenvalue weighted by atomic mass is 9.87. The largest absolute Gasteiger partial charge is 0.390 e. The van der Waals surface area contributed by atoms with Gasteiger partial charge >= 0.3 is 0 Å². The zero-order valence-electron chi connectivity index (χ0n) is 21.4. The van der Waals surface area contributed by atoms with E-state index >= 15 is 0 Å². The molecule has 0 bridgehead atoms. The average Bonchev–Trinajstić information content (AvgIpc) is 3.23. The number of halogens is 3. The number of hydrazone groups is 1. The van der Waals surface area contributed by atoms with Crippen LogP contribution in [-0.4, -0.2) is 63.9 Å². The minimum absolute atomic E-state index is 0.0116. The molecular weight excluding hydrogens is 471 g/mol. The van der Waals surface area contributed by atoms with Crippen molar-refractivity contribution in [3.05, 3.63) is 46.8 Å². The Labute approximate surface area is 209 Å². The zero-order chi connectivity index (χ0) is 26.4. The van der Waals surface area contributed by atoms with E-state index in [4.69, 9.17) is 10.1 Å². The minimum Gasteiger partial charge on any atom is -0.390 e. The van der Waals surface area contributed by atoms with Crippen LogP contribution in [-0.2, 0) is 4.79 Å². The molecule has 4 rings (SSSR count). The molecule has 2 atom stereocenters. The van der Waals surface area contributed by atoms with Crippen molar-refractivity contribution in [3.63, 3.8) is 0 Å². The van der Waals surface area contributed by atoms with Crippen LogP contribution in [0, 0.1) is 11.2 Å². The normalized spacial score (nSPS) is 22.6. The quantitative estimate of drug-likeness (QED) is 0.644. The van der Waals surface area contributed by atoms with Gasteiger partial charge in [0.2, 0.25) is 0 Å². The number of piperidine rings is 1. The van der Waals surface area contributed by atoms with Gasteiger partial charge in [0.15, 0.2) is 5.84 Å². The second-order valence-corrected chi connectivity index (χ2v) is 11.2. The number of aliphatic imine (C=N–C) groups is 1. The van der Waals surface area contributed by atoms with Crippen molar-refractivity contribution in [2.45, 2.75) is 71.6 Å². The molecule has 1 fully saturated rings. The maximum absolute atomic E-state index is 14.7. The number of fused-ring (bicyclic) bond motifs is 1. The molecule has 36 heavy (non-hydrogen) atoms. The maximum Gasteiger partial charge on any atom is 0.266 e. The summed E-state index contributed by atoms with van der Waals surface area (Å²) in [6.45, 7) is 11.3. The van der Waals surface area contributed by atoms with Gasteiger partial charge in [0.05, 0.1) is 35.4 Å². The first-order chi connectivity index (χ1) is 16.8. The summed E-state index contributed by atoms with van der Waals surface area (Å²) in [5.41, 5.74) is -1.30. The van der Waals surface area contributed by atoms with Crippen molar-refractivity contribution >= 4 is 17.6 Å². The lowest BCUT2D eigenvalue weighted by Crippen LogP contribution is -2.47. The molecule has 0 spiro atoms. The SMILES string of the molecule is C[C@@H](NC(=O)C1=CC(N2CCC(C)(O)CC2)=NN2C[C@@H](C(C)(C)C)N=C12)c1cccc(C(F)F)c1F. The van der Waals surface area contributed by atoms with Crippen molar-refractivity contribution in [2.75, 3.05) is 19.6 Å². The van der Waals surface area contributed by atoms with E-state index in [9.17, 15) is 23.1 Å². The van der Waals surface area contributed by atoms with Crippen LogP contribution in [0.2, 0.25) is 0 Å². The molecular formula is C26H34F3N5O2. The summed E-state index contributed by atoms with van der Waals surface area (Å²) in [5.74, 6) is -0.468. The van der Waals surface area contributed by atoms with E-state index in [2.05, 4.69) is 26.1 Å². The van der Waals surface area contributed by atoms with Gasteiger partial charge in [-0.3, -0.25) is 9.79 Å². The number of aliphatic hydroxyl groups is 1. The van der Waals surface area contributed by atoms with Gasteiger partial charge in [0.25, 0.3) is 12.3 Å². The van der Waals surface area contributed by atoms with Crippen LogP contribution in [0.5, 0.6) is 0 Å². The van der Waals surface area contributed by atoms with Crippen molar-refractivity contribution in [2.24, 2.45) is 15.5 Å². The Morgan fingerprint density at radius 3 is 2.47 bits per heavy atom. The molecule has 2 N–H and O–H groups in total. The van der Waals surface area contributed by atoms with Crippen molar-refractivity contribution < 1.29 is 23.1 Å². The highest BCUT2D eigenvalue weighted by atomic mass is 19.3. The third-order valence-corrected chi connectivity index (χ3v) is 7.12. The second kappa shape index (κ2) is 9.53. The molecule has 3 aliphatic heterocycles. The predicted octanol–water partition coefficient (Wildman–Crippen LogP) is 4.17. The Bertz CT molecular complexity index is 1110. The van der Waals surface area contributed by atoms with Crippen LogP contribution >= 0.6 is 0 Å². The van der Waals surface area contributed by atoms with E-state index in [0.717, 1.165) is 6.07 Å². The van der Waals surface area contributed by atoms with E-state index in [1.807, 2.05) is 11.8 Å². The number of likely N-dealkylation sites (tertiary alicyclic amines) is 1. The zero-order valence-corrected chi connectivity index (χ0v) is 21.4. The molecule has 0 unspecified atom stereocenters. The summed E-state index contributed by atoms with van der Waals surface area (Å²) >= 11 is 0. The standard InChI is InChI=1S/C26H34F3N5O2/c1-15(16-7-6-8-17(21(16)27)22(28)29)30-24(35)18-13-20(33-11-9-26(5,36)10-12-33)32-34-14-19(25(2,3)4)31-23(18)34/h6-8,13,15,19,22,36H,9-12,14H2,1-5H3,(H,30,35)/t15-,19+/m1/s1. The summed E-state index contributed by atoms with van der Waals surface area (Å²) in [6.07, 6.45) is -0.129. The molecule has 0 aliphatic carbocycles. The van der Waals surface area contributed by atoms with Crippen molar-refractivity contribution in [1.82, 2.24) is 15.2 Å². The molecule has 3 aliphatic rings. The number of amidine groups is 2. The summed E-state index contributed by atoms with van der Waals surface area (Å²) in [5, 5.41) is 19.6. The van der Waals surface area contributed by atoms with Crippen LogP contribution in [0.25, 0.3) is 0 Å². The highest BCUT2D eigenvalue weighted by Crippen LogP contribution is 2.32. The molecule has 1 aromatic rings. The summed E-state index contributed by atoms with van der Waals surface area (Å²) < 4.78 is 41.1. The van der Waals surface area contributed by atoms with Gasteiger partial charge in [0, 0.05) is 18.7 Å². The lowest BCUT2D eigenvalue weighted by molar-refractivity contribution is -0.117. The Hall–Kier alpha value is -2.88. The molecule has 1 aromatic carbocycles. The summed E-state index contributed by atoms with van der Waals surface area (Å²) in [4.78, 5) is 20.3. The Kier molecular flexibility index (Phi) is 6.94. The van der Waals surface area contributed by atoms with Gasteiger partial charge in [-0.2, -0.15) is 5.10 Å². The van der Waals surface area contributed by atoms with E-state index in [0.29, 0.717) is 49.7 Å². The number of nitrogens with one attached hydrogen (secondary N) is 1. The summed E-state index contributed by atoms with van der Waals surface area (Å²) in [6, 6.07) is 2.85. The first-order valence-electron chi connectivity index (χ1n) is 12.3. The molecule has 196 valence electrons. The highest BCUT2D eigenvalue weighted by molar-refractivity contribution is 6.25. The number of carbonyl (C=O) groups excluding carboxylic acids is 1. The van der Waals surface area contributed by atoms with E-state index in [1.165, 1.54) is 12.1 Å². The Morgan fingerprint density at radius 1 is 1.22 bits per heavy atom. The number of carbonyl (C=O) groups is 1. The van der Waals surface area contributed by atoms with Gasteiger partial charge in [-0.05, 0) is 38.2 Å². The first kappa shape index (κ1) is 26.2. The molecule has 0 radical (unpaired) electrons. The monoisotopic (exact) mass is 505 g/mol. The van der Waals surface area contributed by atoms with Gasteiger partial charge in [0.1, 0.15) is 11.7 Å². The van der Waals surface area contributed by atoms with E-state index < -0.39 is 35.4 Å². The topological polar surface area (TPSA) is 80.5 Å². The summed E-state index contributed by atoms with van der Waals surface area (Å²) in [7, 11) is 0. The Morgan fingerprint density at radius 2 is 1.86 bits per heavy atom. The number of alkyl halides is 2. The number of nitrogens with zero attached hydrogens (tertiary/aromatic N) is 4. The van der Waals surface area contributed by atoms with Crippen molar-refractivity contribution in [3.8, 4) is 0 Å². The fourth-order valence-electron chi connectivity index (χ4n) is 4.58. The number of rotatable bonds is 4. The number of benzene rings is 1. The molecule has 10 heteroatoms. The molecule has 0 saturated carbocycles. The smallest absolute Gasteiger partial charge is 0.266 e. The van der Waals surface area contributed by atoms with E-state index in [1.54, 1.807) is 18.0 Å². The van der Waals surface area contributed by atoms with Crippen molar-refractivity contribution in [1.29, 1.82) is 0 Å². The fourth-order valence-corrected chi connectivity index (χ4v) is 4.58. The highest BCUT2D eigenvalue weighted by Gasteiger charge is 2.40. The molecule has 7 nitrogen and oxygen atoms in total. The third kappa shape index (κ3) is 5.28. The first-order valence-corrected chi connectivity index (χ1v) is 12.3. The third-order valence-electron chi connectivity index (χ3n) is 7.12. The number of amides is 1. The van der Waals surface area contributed by atoms with Crippen LogP contribution in [0.1, 0.15) is 71.1 Å². The molecule has 1 saturated heterocycles. The molecule has 0 aromatic heterocycles. The molecule has 3 heterocycles. The van der Waals surface area contributed by atoms with Gasteiger partial charge < -0.3 is 15.3 Å². The molecule has 1 amide bonds. The van der Waals surface area contributed by atoms with Gasteiger partial charge in [-0.15, -0.1) is 0 Å². The Balaban J connectivity index is 1.62. The number of hydrogen-bond donors (Lipinski definition) is 2. The van der Waals surface area contributed by atoms with Gasteiger partial charge in [-0.25, -0.2) is 18.2 Å². The van der Waals surface area contributed by atoms with Crippen LogP contribution in [0.4, 0.5) is 13.2 Å².